The number of halogens is 1. The zero-order chi connectivity index (χ0) is 14.4. The molecule has 1 heterocycles. The van der Waals surface area contributed by atoms with Gasteiger partial charge in [-0.2, -0.15) is 0 Å². The molecule has 0 spiro atoms. The van der Waals surface area contributed by atoms with Gasteiger partial charge in [0.15, 0.2) is 0 Å². The van der Waals surface area contributed by atoms with E-state index < -0.39 is 0 Å². The highest BCUT2D eigenvalue weighted by Gasteiger charge is 2.22. The normalized spacial score (nSPS) is 17.1. The first-order chi connectivity index (χ1) is 10.2. The predicted octanol–water partition coefficient (Wildman–Crippen LogP) is 3.09. The molecule has 3 N–H and O–H groups in total. The van der Waals surface area contributed by atoms with Crippen LogP contribution in [0.5, 0.6) is 0 Å². The zero-order valence-corrected chi connectivity index (χ0v) is 11.2. The third-order valence-electron chi connectivity index (χ3n) is 4.04. The van der Waals surface area contributed by atoms with Crippen molar-refractivity contribution in [2.75, 3.05) is 5.32 Å². The molecule has 1 aliphatic rings. The molecular formula is C16H14FN3O. The smallest absolute Gasteiger partial charge is 0.323 e. The number of hydrogen-bond donors (Lipinski definition) is 3. The molecule has 3 aromatic rings. The maximum absolute atomic E-state index is 13.2. The van der Waals surface area contributed by atoms with Crippen LogP contribution in [0.15, 0.2) is 41.2 Å². The number of rotatable bonds is 2. The van der Waals surface area contributed by atoms with Gasteiger partial charge in [-0.1, -0.05) is 6.07 Å². The van der Waals surface area contributed by atoms with Crippen LogP contribution in [0.3, 0.4) is 0 Å². The molecule has 1 atom stereocenters. The van der Waals surface area contributed by atoms with Crippen LogP contribution in [0.4, 0.5) is 10.1 Å². The molecule has 4 rings (SSSR count). The van der Waals surface area contributed by atoms with Crippen molar-refractivity contribution in [2.24, 2.45) is 0 Å². The van der Waals surface area contributed by atoms with Gasteiger partial charge in [0.05, 0.1) is 17.1 Å². The van der Waals surface area contributed by atoms with Crippen molar-refractivity contribution in [3.8, 4) is 0 Å². The SMILES string of the molecule is O=c1[nH]c2ccc(NC3CCc4cc(F)ccc43)cc2[nH]1. The molecule has 1 aliphatic carbocycles. The molecule has 0 amide bonds. The van der Waals surface area contributed by atoms with E-state index in [0.717, 1.165) is 40.7 Å². The first-order valence-corrected chi connectivity index (χ1v) is 6.96. The van der Waals surface area contributed by atoms with Gasteiger partial charge in [-0.15, -0.1) is 0 Å². The minimum atomic E-state index is -0.205. The van der Waals surface area contributed by atoms with Crippen molar-refractivity contribution in [1.29, 1.82) is 0 Å². The number of nitrogens with one attached hydrogen (secondary N) is 3. The lowest BCUT2D eigenvalue weighted by molar-refractivity contribution is 0.626. The molecule has 1 unspecified atom stereocenters. The number of hydrogen-bond acceptors (Lipinski definition) is 2. The summed E-state index contributed by atoms with van der Waals surface area (Å²) in [5, 5.41) is 3.46. The van der Waals surface area contributed by atoms with Crippen molar-refractivity contribution in [3.63, 3.8) is 0 Å². The topological polar surface area (TPSA) is 60.7 Å². The number of fused-ring (bicyclic) bond motifs is 2. The van der Waals surface area contributed by atoms with Crippen LogP contribution in [-0.4, -0.2) is 9.97 Å². The second kappa shape index (κ2) is 4.48. The van der Waals surface area contributed by atoms with Crippen LogP contribution < -0.4 is 11.0 Å². The Balaban J connectivity index is 1.65. The summed E-state index contributed by atoms with van der Waals surface area (Å²) >= 11 is 0. The number of aromatic amines is 2. The molecule has 0 fully saturated rings. The van der Waals surface area contributed by atoms with Gasteiger partial charge in [-0.05, 0) is 54.3 Å². The van der Waals surface area contributed by atoms with Crippen molar-refractivity contribution in [1.82, 2.24) is 9.97 Å². The van der Waals surface area contributed by atoms with Crippen molar-refractivity contribution >= 4 is 16.7 Å². The van der Waals surface area contributed by atoms with Gasteiger partial charge in [-0.3, -0.25) is 0 Å². The van der Waals surface area contributed by atoms with Crippen LogP contribution >= 0.6 is 0 Å². The summed E-state index contributed by atoms with van der Waals surface area (Å²) in [5.41, 5.74) is 4.54. The summed E-state index contributed by atoms with van der Waals surface area (Å²) in [6.45, 7) is 0. The molecule has 0 saturated heterocycles. The standard InChI is InChI=1S/C16H14FN3O/c17-10-2-4-12-9(7-10)1-5-13(12)18-11-3-6-14-15(8-11)20-16(21)19-14/h2-4,6-8,13,18H,1,5H2,(H2,19,20,21). The molecule has 1 aromatic heterocycles. The number of aromatic nitrogens is 2. The van der Waals surface area contributed by atoms with Crippen LogP contribution in [0.25, 0.3) is 11.0 Å². The van der Waals surface area contributed by atoms with E-state index in [1.807, 2.05) is 24.3 Å². The van der Waals surface area contributed by atoms with E-state index >= 15 is 0 Å². The third kappa shape index (κ3) is 2.11. The summed E-state index contributed by atoms with van der Waals surface area (Å²) < 4.78 is 13.2. The highest BCUT2D eigenvalue weighted by atomic mass is 19.1. The lowest BCUT2D eigenvalue weighted by Gasteiger charge is -2.15. The number of anilines is 1. The van der Waals surface area contributed by atoms with Crippen LogP contribution in [0, 0.1) is 5.82 Å². The Hall–Kier alpha value is -2.56. The number of imidazole rings is 1. The molecule has 0 bridgehead atoms. The molecule has 106 valence electrons. The Morgan fingerprint density at radius 2 is 1.95 bits per heavy atom. The summed E-state index contributed by atoms with van der Waals surface area (Å²) in [5.74, 6) is -0.180. The lowest BCUT2D eigenvalue weighted by Crippen LogP contribution is -2.07. The highest BCUT2D eigenvalue weighted by molar-refractivity contribution is 5.78. The largest absolute Gasteiger partial charge is 0.378 e. The summed E-state index contributed by atoms with van der Waals surface area (Å²) in [4.78, 5) is 16.7. The molecule has 2 aromatic carbocycles. The van der Waals surface area contributed by atoms with E-state index in [4.69, 9.17) is 0 Å². The third-order valence-corrected chi connectivity index (χ3v) is 4.04. The maximum Gasteiger partial charge on any atom is 0.323 e. The fourth-order valence-electron chi connectivity index (χ4n) is 3.06. The van der Waals surface area contributed by atoms with Gasteiger partial charge in [0.2, 0.25) is 0 Å². The van der Waals surface area contributed by atoms with E-state index in [0.29, 0.717) is 0 Å². The number of aryl methyl sites for hydroxylation is 1. The molecule has 4 nitrogen and oxygen atoms in total. The second-order valence-corrected chi connectivity index (χ2v) is 5.42. The second-order valence-electron chi connectivity index (χ2n) is 5.42. The highest BCUT2D eigenvalue weighted by Crippen LogP contribution is 2.34. The minimum Gasteiger partial charge on any atom is -0.378 e. The fourth-order valence-corrected chi connectivity index (χ4v) is 3.06. The van der Waals surface area contributed by atoms with E-state index in [9.17, 15) is 9.18 Å². The maximum atomic E-state index is 13.2. The summed E-state index contributed by atoms with van der Waals surface area (Å²) in [6.07, 6.45) is 1.83. The fraction of sp³-hybridized carbons (Fsp3) is 0.188. The molecule has 5 heteroatoms. The molecule has 21 heavy (non-hydrogen) atoms. The van der Waals surface area contributed by atoms with Gasteiger partial charge in [0.1, 0.15) is 5.82 Å². The molecule has 0 radical (unpaired) electrons. The Morgan fingerprint density at radius 1 is 1.10 bits per heavy atom. The van der Waals surface area contributed by atoms with Gasteiger partial charge in [0.25, 0.3) is 0 Å². The lowest BCUT2D eigenvalue weighted by atomic mass is 10.1. The monoisotopic (exact) mass is 283 g/mol. The van der Waals surface area contributed by atoms with Crippen LogP contribution in [-0.2, 0) is 6.42 Å². The van der Waals surface area contributed by atoms with Gasteiger partial charge >= 0.3 is 5.69 Å². The van der Waals surface area contributed by atoms with E-state index in [-0.39, 0.29) is 17.5 Å². The average Bonchev–Trinajstić information content (AvgIpc) is 3.01. The van der Waals surface area contributed by atoms with Gasteiger partial charge in [0, 0.05) is 5.69 Å². The predicted molar refractivity (Wildman–Crippen MR) is 80.0 cm³/mol. The number of benzene rings is 2. The average molecular weight is 283 g/mol. The first kappa shape index (κ1) is 12.2. The van der Waals surface area contributed by atoms with Crippen molar-refractivity contribution in [2.45, 2.75) is 18.9 Å². The van der Waals surface area contributed by atoms with Gasteiger partial charge in [-0.25, -0.2) is 9.18 Å². The Kier molecular flexibility index (Phi) is 2.60. The first-order valence-electron chi connectivity index (χ1n) is 6.96. The summed E-state index contributed by atoms with van der Waals surface area (Å²) in [7, 11) is 0. The van der Waals surface area contributed by atoms with Crippen LogP contribution in [0.1, 0.15) is 23.6 Å². The summed E-state index contributed by atoms with van der Waals surface area (Å²) in [6, 6.07) is 10.9. The Bertz CT molecular complexity index is 881. The van der Waals surface area contributed by atoms with Crippen LogP contribution in [0.2, 0.25) is 0 Å². The zero-order valence-electron chi connectivity index (χ0n) is 11.2. The van der Waals surface area contributed by atoms with Crippen molar-refractivity contribution in [3.05, 3.63) is 63.8 Å². The van der Waals surface area contributed by atoms with E-state index in [1.165, 1.54) is 6.07 Å². The quantitative estimate of drug-likeness (QED) is 0.677. The van der Waals surface area contributed by atoms with Crippen molar-refractivity contribution < 1.29 is 4.39 Å². The van der Waals surface area contributed by atoms with E-state index in [1.54, 1.807) is 6.07 Å². The molecule has 0 aliphatic heterocycles. The Labute approximate surface area is 120 Å². The van der Waals surface area contributed by atoms with Gasteiger partial charge < -0.3 is 15.3 Å². The minimum absolute atomic E-state index is 0.180. The molecule has 0 saturated carbocycles. The number of H-pyrrole nitrogens is 2. The Morgan fingerprint density at radius 3 is 2.86 bits per heavy atom. The van der Waals surface area contributed by atoms with E-state index in [2.05, 4.69) is 15.3 Å². The molecular weight excluding hydrogens is 269 g/mol.